The lowest BCUT2D eigenvalue weighted by molar-refractivity contribution is 0.454. The van der Waals surface area contributed by atoms with Crippen molar-refractivity contribution in [2.75, 3.05) is 24.5 Å². The summed E-state index contributed by atoms with van der Waals surface area (Å²) in [4.78, 5) is 2.40. The summed E-state index contributed by atoms with van der Waals surface area (Å²) in [6.45, 7) is 9.59. The maximum absolute atomic E-state index is 10.3. The van der Waals surface area contributed by atoms with Gasteiger partial charge in [-0.3, -0.25) is 0 Å². The van der Waals surface area contributed by atoms with Crippen LogP contribution >= 0.6 is 0 Å². The quantitative estimate of drug-likeness (QED) is 0.832. The molecule has 1 saturated heterocycles. The van der Waals surface area contributed by atoms with Crippen LogP contribution in [0, 0.1) is 5.92 Å². The van der Waals surface area contributed by atoms with Crippen molar-refractivity contribution >= 4 is 5.69 Å². The van der Waals surface area contributed by atoms with Gasteiger partial charge in [0.1, 0.15) is 5.75 Å². The van der Waals surface area contributed by atoms with Crippen molar-refractivity contribution in [2.24, 2.45) is 5.92 Å². The van der Waals surface area contributed by atoms with Gasteiger partial charge in [-0.1, -0.05) is 26.3 Å². The summed E-state index contributed by atoms with van der Waals surface area (Å²) in [5.74, 6) is 1.23. The van der Waals surface area contributed by atoms with Crippen molar-refractivity contribution in [1.82, 2.24) is 5.32 Å². The van der Waals surface area contributed by atoms with E-state index >= 15 is 0 Å². The number of benzene rings is 1. The van der Waals surface area contributed by atoms with E-state index in [1.165, 1.54) is 19.3 Å². The highest BCUT2D eigenvalue weighted by Gasteiger charge is 2.22. The normalized spacial score (nSPS) is 20.4. The average Bonchev–Trinajstić information content (AvgIpc) is 2.88. The number of phenols is 1. The van der Waals surface area contributed by atoms with Gasteiger partial charge < -0.3 is 15.3 Å². The van der Waals surface area contributed by atoms with E-state index in [1.54, 1.807) is 0 Å². The first kappa shape index (κ1) is 15.2. The van der Waals surface area contributed by atoms with Gasteiger partial charge in [-0.05, 0) is 38.3 Å². The topological polar surface area (TPSA) is 35.5 Å². The monoisotopic (exact) mass is 276 g/mol. The largest absolute Gasteiger partial charge is 0.508 e. The zero-order valence-corrected chi connectivity index (χ0v) is 13.0. The molecule has 20 heavy (non-hydrogen) atoms. The average molecular weight is 276 g/mol. The minimum atomic E-state index is 0.195. The summed E-state index contributed by atoms with van der Waals surface area (Å²) in [7, 11) is 0. The smallest absolute Gasteiger partial charge is 0.122 e. The van der Waals surface area contributed by atoms with Crippen LogP contribution in [0.2, 0.25) is 0 Å². The third-order valence-electron chi connectivity index (χ3n) is 4.34. The number of rotatable bonds is 6. The minimum absolute atomic E-state index is 0.195. The van der Waals surface area contributed by atoms with Gasteiger partial charge in [-0.15, -0.1) is 0 Å². The maximum Gasteiger partial charge on any atom is 0.122 e. The third-order valence-corrected chi connectivity index (χ3v) is 4.34. The SMILES string of the molecule is CCCC1CCN(c2ccc(C(C)NCC)c(O)c2)C1. The molecule has 1 aliphatic rings. The van der Waals surface area contributed by atoms with Gasteiger partial charge in [0, 0.05) is 36.4 Å². The molecule has 2 atom stereocenters. The molecular weight excluding hydrogens is 248 g/mol. The zero-order valence-electron chi connectivity index (χ0n) is 13.0. The maximum atomic E-state index is 10.3. The molecule has 0 radical (unpaired) electrons. The summed E-state index contributed by atoms with van der Waals surface area (Å²) in [6, 6.07) is 6.33. The number of hydrogen-bond acceptors (Lipinski definition) is 3. The van der Waals surface area contributed by atoms with Crippen molar-refractivity contribution in [3.05, 3.63) is 23.8 Å². The molecule has 112 valence electrons. The summed E-state index contributed by atoms with van der Waals surface area (Å²) in [5.41, 5.74) is 2.15. The van der Waals surface area contributed by atoms with Gasteiger partial charge in [0.25, 0.3) is 0 Å². The molecule has 2 unspecified atom stereocenters. The van der Waals surface area contributed by atoms with Crippen LogP contribution < -0.4 is 10.2 Å². The fourth-order valence-corrected chi connectivity index (χ4v) is 3.22. The van der Waals surface area contributed by atoms with Crippen LogP contribution in [0.3, 0.4) is 0 Å². The molecule has 0 aliphatic carbocycles. The van der Waals surface area contributed by atoms with Crippen LogP contribution in [-0.2, 0) is 0 Å². The highest BCUT2D eigenvalue weighted by molar-refractivity contribution is 5.54. The molecule has 3 nitrogen and oxygen atoms in total. The fraction of sp³-hybridized carbons (Fsp3) is 0.647. The van der Waals surface area contributed by atoms with E-state index in [-0.39, 0.29) is 6.04 Å². The van der Waals surface area contributed by atoms with Crippen molar-refractivity contribution in [2.45, 2.75) is 46.1 Å². The van der Waals surface area contributed by atoms with Gasteiger partial charge in [0.2, 0.25) is 0 Å². The van der Waals surface area contributed by atoms with Crippen LogP contribution in [0.5, 0.6) is 5.75 Å². The second-order valence-electron chi connectivity index (χ2n) is 5.91. The lowest BCUT2D eigenvalue weighted by Crippen LogP contribution is -2.20. The molecule has 0 amide bonds. The predicted octanol–water partition coefficient (Wildman–Crippen LogP) is 3.69. The molecule has 1 aromatic carbocycles. The lowest BCUT2D eigenvalue weighted by atomic mass is 10.0. The zero-order chi connectivity index (χ0) is 14.5. The Kier molecular flexibility index (Phi) is 5.30. The fourth-order valence-electron chi connectivity index (χ4n) is 3.22. The molecule has 0 spiro atoms. The minimum Gasteiger partial charge on any atom is -0.508 e. The van der Waals surface area contributed by atoms with Crippen molar-refractivity contribution < 1.29 is 5.11 Å². The van der Waals surface area contributed by atoms with E-state index in [2.05, 4.69) is 43.1 Å². The number of anilines is 1. The highest BCUT2D eigenvalue weighted by atomic mass is 16.3. The van der Waals surface area contributed by atoms with Gasteiger partial charge in [-0.2, -0.15) is 0 Å². The number of nitrogens with one attached hydrogen (secondary N) is 1. The van der Waals surface area contributed by atoms with Gasteiger partial charge in [0.05, 0.1) is 0 Å². The Morgan fingerprint density at radius 1 is 1.40 bits per heavy atom. The molecular formula is C17H28N2O. The third kappa shape index (κ3) is 3.45. The Labute approximate surface area is 123 Å². The van der Waals surface area contributed by atoms with E-state index in [9.17, 15) is 5.11 Å². The van der Waals surface area contributed by atoms with Crippen LogP contribution in [0.25, 0.3) is 0 Å². The molecule has 2 N–H and O–H groups in total. The Bertz CT molecular complexity index is 433. The molecule has 1 fully saturated rings. The molecule has 2 rings (SSSR count). The van der Waals surface area contributed by atoms with Crippen molar-refractivity contribution in [3.63, 3.8) is 0 Å². The van der Waals surface area contributed by atoms with E-state index in [1.807, 2.05) is 6.07 Å². The van der Waals surface area contributed by atoms with Crippen molar-refractivity contribution in [1.29, 1.82) is 0 Å². The summed E-state index contributed by atoms with van der Waals surface area (Å²) in [5, 5.41) is 13.6. The molecule has 3 heteroatoms. The molecule has 0 aromatic heterocycles. The summed E-state index contributed by atoms with van der Waals surface area (Å²) in [6.07, 6.45) is 3.87. The Hall–Kier alpha value is -1.22. The van der Waals surface area contributed by atoms with E-state index < -0.39 is 0 Å². The number of phenolic OH excluding ortho intramolecular Hbond substituents is 1. The molecule has 0 saturated carbocycles. The molecule has 0 bridgehead atoms. The number of nitrogens with zero attached hydrogens (tertiary/aromatic N) is 1. The molecule has 1 aliphatic heterocycles. The first-order chi connectivity index (χ1) is 9.65. The summed E-state index contributed by atoms with van der Waals surface area (Å²) < 4.78 is 0. The van der Waals surface area contributed by atoms with Crippen molar-refractivity contribution in [3.8, 4) is 5.75 Å². The van der Waals surface area contributed by atoms with Crippen LogP contribution in [0.1, 0.15) is 51.6 Å². The van der Waals surface area contributed by atoms with Crippen LogP contribution in [-0.4, -0.2) is 24.7 Å². The van der Waals surface area contributed by atoms with E-state index in [0.29, 0.717) is 5.75 Å². The second-order valence-corrected chi connectivity index (χ2v) is 5.91. The predicted molar refractivity (Wildman–Crippen MR) is 85.4 cm³/mol. The van der Waals surface area contributed by atoms with E-state index in [0.717, 1.165) is 36.8 Å². The Balaban J connectivity index is 2.06. The Morgan fingerprint density at radius 3 is 2.85 bits per heavy atom. The summed E-state index contributed by atoms with van der Waals surface area (Å²) >= 11 is 0. The lowest BCUT2D eigenvalue weighted by Gasteiger charge is -2.21. The number of aromatic hydroxyl groups is 1. The van der Waals surface area contributed by atoms with Gasteiger partial charge in [-0.25, -0.2) is 0 Å². The standard InChI is InChI=1S/C17H28N2O/c1-4-6-14-9-10-19(12-14)15-7-8-16(17(20)11-15)13(3)18-5-2/h7-8,11,13-14,18,20H,4-6,9-10,12H2,1-3H3. The first-order valence-corrected chi connectivity index (χ1v) is 7.96. The molecule has 1 heterocycles. The van der Waals surface area contributed by atoms with Crippen LogP contribution in [0.15, 0.2) is 18.2 Å². The first-order valence-electron chi connectivity index (χ1n) is 7.96. The van der Waals surface area contributed by atoms with Crippen LogP contribution in [0.4, 0.5) is 5.69 Å². The van der Waals surface area contributed by atoms with E-state index in [4.69, 9.17) is 0 Å². The molecule has 1 aromatic rings. The number of hydrogen-bond donors (Lipinski definition) is 2. The Morgan fingerprint density at radius 2 is 2.20 bits per heavy atom. The second kappa shape index (κ2) is 6.98. The highest BCUT2D eigenvalue weighted by Crippen LogP contribution is 2.32. The van der Waals surface area contributed by atoms with Gasteiger partial charge >= 0.3 is 0 Å². The van der Waals surface area contributed by atoms with Gasteiger partial charge in [0.15, 0.2) is 0 Å².